The fourth-order valence-corrected chi connectivity index (χ4v) is 1.96. The van der Waals surface area contributed by atoms with Crippen molar-refractivity contribution in [2.24, 2.45) is 0 Å². The van der Waals surface area contributed by atoms with E-state index in [0.29, 0.717) is 0 Å². The van der Waals surface area contributed by atoms with Crippen LogP contribution in [0.4, 0.5) is 0 Å². The number of hydrogen-bond acceptors (Lipinski definition) is 2. The summed E-state index contributed by atoms with van der Waals surface area (Å²) in [6.45, 7) is 0. The lowest BCUT2D eigenvalue weighted by Crippen LogP contribution is -2.04. The van der Waals surface area contributed by atoms with Crippen LogP contribution in [0.25, 0.3) is 0 Å². The fraction of sp³-hybridized carbons (Fsp3) is 0.0625. The SMILES string of the molecule is N#CC(=C=O)C(c1ccccc1)c1ccccc1. The van der Waals surface area contributed by atoms with Crippen molar-refractivity contribution in [1.29, 1.82) is 5.26 Å². The molecule has 18 heavy (non-hydrogen) atoms. The average Bonchev–Trinajstić information content (AvgIpc) is 2.46. The van der Waals surface area contributed by atoms with Crippen molar-refractivity contribution >= 4 is 5.94 Å². The van der Waals surface area contributed by atoms with Gasteiger partial charge in [-0.2, -0.15) is 5.26 Å². The van der Waals surface area contributed by atoms with Gasteiger partial charge in [0.1, 0.15) is 17.6 Å². The number of nitrogens with zero attached hydrogens (tertiary/aromatic N) is 1. The second-order valence-electron chi connectivity index (χ2n) is 3.88. The van der Waals surface area contributed by atoms with Gasteiger partial charge in [-0.25, -0.2) is 4.79 Å². The molecule has 0 atom stereocenters. The lowest BCUT2D eigenvalue weighted by Gasteiger charge is -2.14. The first-order chi connectivity index (χ1) is 8.86. The molecule has 0 radical (unpaired) electrons. The summed E-state index contributed by atoms with van der Waals surface area (Å²) >= 11 is 0. The third-order valence-corrected chi connectivity index (χ3v) is 2.78. The molecular formula is C16H11NO. The molecule has 0 saturated heterocycles. The van der Waals surface area contributed by atoms with E-state index >= 15 is 0 Å². The van der Waals surface area contributed by atoms with Gasteiger partial charge in [-0.1, -0.05) is 60.7 Å². The predicted molar refractivity (Wildman–Crippen MR) is 69.5 cm³/mol. The first-order valence-electron chi connectivity index (χ1n) is 5.62. The van der Waals surface area contributed by atoms with Gasteiger partial charge < -0.3 is 0 Å². The molecular weight excluding hydrogens is 222 g/mol. The Morgan fingerprint density at radius 2 is 1.33 bits per heavy atom. The highest BCUT2D eigenvalue weighted by Gasteiger charge is 2.19. The van der Waals surface area contributed by atoms with Gasteiger partial charge in [-0.15, -0.1) is 0 Å². The van der Waals surface area contributed by atoms with E-state index in [2.05, 4.69) is 0 Å². The number of allylic oxidation sites excluding steroid dienone is 1. The predicted octanol–water partition coefficient (Wildman–Crippen LogP) is 3.10. The Morgan fingerprint density at radius 3 is 1.67 bits per heavy atom. The van der Waals surface area contributed by atoms with E-state index < -0.39 is 0 Å². The molecule has 2 aromatic carbocycles. The minimum absolute atomic E-state index is 0.104. The summed E-state index contributed by atoms with van der Waals surface area (Å²) in [6, 6.07) is 21.0. The Kier molecular flexibility index (Phi) is 3.71. The molecule has 0 aliphatic rings. The standard InChI is InChI=1S/C16H11NO/c17-11-15(12-18)16(13-7-3-1-4-8-13)14-9-5-2-6-10-14/h1-10,16H. The van der Waals surface area contributed by atoms with Crippen LogP contribution in [0.15, 0.2) is 66.2 Å². The summed E-state index contributed by atoms with van der Waals surface area (Å²) in [4.78, 5) is 10.9. The van der Waals surface area contributed by atoms with E-state index in [1.165, 1.54) is 0 Å². The van der Waals surface area contributed by atoms with Crippen LogP contribution >= 0.6 is 0 Å². The minimum Gasteiger partial charge on any atom is -0.232 e. The molecule has 0 aromatic heterocycles. The molecule has 0 aliphatic carbocycles. The number of rotatable bonds is 3. The first-order valence-corrected chi connectivity index (χ1v) is 5.62. The zero-order chi connectivity index (χ0) is 12.8. The van der Waals surface area contributed by atoms with E-state index in [0.717, 1.165) is 11.1 Å². The van der Waals surface area contributed by atoms with E-state index in [4.69, 9.17) is 5.26 Å². The summed E-state index contributed by atoms with van der Waals surface area (Å²) in [6.07, 6.45) is 0. The maximum absolute atomic E-state index is 10.9. The molecule has 0 fully saturated rings. The summed E-state index contributed by atoms with van der Waals surface area (Å²) in [5.41, 5.74) is 1.94. The number of carbonyl (C=O) groups excluding carboxylic acids is 1. The van der Waals surface area contributed by atoms with E-state index in [1.807, 2.05) is 66.7 Å². The highest BCUT2D eigenvalue weighted by molar-refractivity contribution is 5.65. The van der Waals surface area contributed by atoms with Crippen LogP contribution in [0, 0.1) is 11.3 Å². The van der Waals surface area contributed by atoms with Crippen LogP contribution in [0.3, 0.4) is 0 Å². The van der Waals surface area contributed by atoms with E-state index in [1.54, 1.807) is 5.94 Å². The van der Waals surface area contributed by atoms with Crippen LogP contribution in [0.1, 0.15) is 17.0 Å². The Hall–Kier alpha value is -2.62. The number of nitriles is 1. The highest BCUT2D eigenvalue weighted by Crippen LogP contribution is 2.29. The summed E-state index contributed by atoms with van der Waals surface area (Å²) in [7, 11) is 0. The average molecular weight is 233 g/mol. The molecule has 2 aromatic rings. The van der Waals surface area contributed by atoms with Crippen LogP contribution in [-0.2, 0) is 4.79 Å². The zero-order valence-electron chi connectivity index (χ0n) is 9.71. The van der Waals surface area contributed by atoms with Gasteiger partial charge in [0.25, 0.3) is 0 Å². The normalized spacial score (nSPS) is 9.56. The molecule has 0 aliphatic heterocycles. The molecule has 0 bridgehead atoms. The van der Waals surface area contributed by atoms with Crippen molar-refractivity contribution in [3.8, 4) is 6.07 Å². The smallest absolute Gasteiger partial charge is 0.140 e. The van der Waals surface area contributed by atoms with Crippen LogP contribution in [0.2, 0.25) is 0 Å². The van der Waals surface area contributed by atoms with Crippen LogP contribution in [0.5, 0.6) is 0 Å². The van der Waals surface area contributed by atoms with Crippen molar-refractivity contribution in [2.45, 2.75) is 5.92 Å². The summed E-state index contributed by atoms with van der Waals surface area (Å²) < 4.78 is 0. The summed E-state index contributed by atoms with van der Waals surface area (Å²) in [5.74, 6) is 1.42. The molecule has 0 N–H and O–H groups in total. The Morgan fingerprint density at radius 1 is 0.889 bits per heavy atom. The topological polar surface area (TPSA) is 40.9 Å². The fourth-order valence-electron chi connectivity index (χ4n) is 1.96. The maximum atomic E-state index is 10.9. The third kappa shape index (κ3) is 2.38. The van der Waals surface area contributed by atoms with Gasteiger partial charge in [0, 0.05) is 0 Å². The zero-order valence-corrected chi connectivity index (χ0v) is 9.71. The van der Waals surface area contributed by atoms with Gasteiger partial charge in [0.2, 0.25) is 0 Å². The molecule has 86 valence electrons. The lowest BCUT2D eigenvalue weighted by atomic mass is 9.86. The lowest BCUT2D eigenvalue weighted by molar-refractivity contribution is 0.566. The Bertz CT molecular complexity index is 565. The van der Waals surface area contributed by atoms with Gasteiger partial charge >= 0.3 is 0 Å². The van der Waals surface area contributed by atoms with E-state index in [-0.39, 0.29) is 11.5 Å². The Balaban J connectivity index is 2.56. The van der Waals surface area contributed by atoms with Gasteiger partial charge in [0.05, 0.1) is 5.92 Å². The van der Waals surface area contributed by atoms with Crippen molar-refractivity contribution in [3.05, 3.63) is 77.4 Å². The van der Waals surface area contributed by atoms with E-state index in [9.17, 15) is 4.79 Å². The molecule has 2 nitrogen and oxygen atoms in total. The maximum Gasteiger partial charge on any atom is 0.140 e. The molecule has 2 rings (SSSR count). The highest BCUT2D eigenvalue weighted by atomic mass is 16.1. The van der Waals surface area contributed by atoms with Crippen LogP contribution < -0.4 is 0 Å². The van der Waals surface area contributed by atoms with Crippen LogP contribution in [-0.4, -0.2) is 5.94 Å². The van der Waals surface area contributed by atoms with Crippen molar-refractivity contribution in [2.75, 3.05) is 0 Å². The van der Waals surface area contributed by atoms with Gasteiger partial charge in [-0.05, 0) is 11.1 Å². The van der Waals surface area contributed by atoms with Gasteiger partial charge in [0.15, 0.2) is 0 Å². The van der Waals surface area contributed by atoms with Crippen molar-refractivity contribution in [3.63, 3.8) is 0 Å². The number of hydrogen-bond donors (Lipinski definition) is 0. The number of benzene rings is 2. The largest absolute Gasteiger partial charge is 0.232 e. The van der Waals surface area contributed by atoms with Crippen molar-refractivity contribution < 1.29 is 4.79 Å². The minimum atomic E-state index is -0.338. The monoisotopic (exact) mass is 233 g/mol. The molecule has 0 saturated carbocycles. The molecule has 2 heteroatoms. The first kappa shape index (κ1) is 11.9. The van der Waals surface area contributed by atoms with Crippen molar-refractivity contribution in [1.82, 2.24) is 0 Å². The molecule has 0 heterocycles. The molecule has 0 amide bonds. The Labute approximate surface area is 106 Å². The second-order valence-corrected chi connectivity index (χ2v) is 3.88. The second kappa shape index (κ2) is 5.63. The third-order valence-electron chi connectivity index (χ3n) is 2.78. The quantitative estimate of drug-likeness (QED) is 0.603. The molecule has 0 spiro atoms. The molecule has 0 unspecified atom stereocenters. The summed E-state index contributed by atoms with van der Waals surface area (Å²) in [5, 5.41) is 9.07. The van der Waals surface area contributed by atoms with Gasteiger partial charge in [-0.3, -0.25) is 0 Å².